The van der Waals surface area contributed by atoms with E-state index in [9.17, 15) is 13.2 Å². The summed E-state index contributed by atoms with van der Waals surface area (Å²) >= 11 is 0. The molecule has 0 fully saturated rings. The van der Waals surface area contributed by atoms with Gasteiger partial charge in [-0.25, -0.2) is 13.2 Å². The first-order valence-corrected chi connectivity index (χ1v) is 8.21. The molecule has 114 valence electrons. The third-order valence-electron chi connectivity index (χ3n) is 3.32. The Bertz CT molecular complexity index is 969. The Morgan fingerprint density at radius 3 is 2.55 bits per heavy atom. The fourth-order valence-corrected chi connectivity index (χ4v) is 3.19. The summed E-state index contributed by atoms with van der Waals surface area (Å²) in [5, 5.41) is 0. The summed E-state index contributed by atoms with van der Waals surface area (Å²) in [6, 6.07) is 11.4. The predicted octanol–water partition coefficient (Wildman–Crippen LogP) is 2.48. The van der Waals surface area contributed by atoms with Crippen LogP contribution in [0.1, 0.15) is 12.5 Å². The average molecular weight is 318 g/mol. The highest BCUT2D eigenvalue weighted by molar-refractivity contribution is 7.92. The minimum Gasteiger partial charge on any atom is -0.408 e. The smallest absolute Gasteiger partial charge is 0.408 e. The second kappa shape index (κ2) is 5.34. The SMILES string of the molecule is CCc1ccc(NS(=O)(=O)c2ccc3[nH]c(=O)oc3c2)cc1. The highest BCUT2D eigenvalue weighted by atomic mass is 32.2. The zero-order chi connectivity index (χ0) is 15.7. The molecule has 3 aromatic rings. The fourth-order valence-electron chi connectivity index (χ4n) is 2.12. The topological polar surface area (TPSA) is 92.2 Å². The molecule has 0 aliphatic carbocycles. The van der Waals surface area contributed by atoms with E-state index in [0.29, 0.717) is 11.2 Å². The van der Waals surface area contributed by atoms with Crippen LogP contribution in [0.25, 0.3) is 11.1 Å². The van der Waals surface area contributed by atoms with Crippen LogP contribution in [0.2, 0.25) is 0 Å². The molecule has 0 saturated heterocycles. The van der Waals surface area contributed by atoms with Crippen LogP contribution in [0.5, 0.6) is 0 Å². The number of aryl methyl sites for hydroxylation is 1. The van der Waals surface area contributed by atoms with Crippen molar-refractivity contribution < 1.29 is 12.8 Å². The molecule has 0 aliphatic heterocycles. The van der Waals surface area contributed by atoms with E-state index in [1.54, 1.807) is 12.1 Å². The number of hydrogen-bond donors (Lipinski definition) is 2. The van der Waals surface area contributed by atoms with Gasteiger partial charge in [0.25, 0.3) is 10.0 Å². The lowest BCUT2D eigenvalue weighted by Gasteiger charge is -2.08. The molecule has 2 aromatic carbocycles. The van der Waals surface area contributed by atoms with Crippen LogP contribution >= 0.6 is 0 Å². The summed E-state index contributed by atoms with van der Waals surface area (Å²) in [6.07, 6.45) is 0.885. The Hall–Kier alpha value is -2.54. The van der Waals surface area contributed by atoms with Crippen LogP contribution in [0, 0.1) is 0 Å². The van der Waals surface area contributed by atoms with Gasteiger partial charge in [0.15, 0.2) is 5.58 Å². The van der Waals surface area contributed by atoms with Crippen LogP contribution < -0.4 is 10.5 Å². The zero-order valence-electron chi connectivity index (χ0n) is 11.8. The van der Waals surface area contributed by atoms with Crippen LogP contribution in [0.4, 0.5) is 5.69 Å². The molecule has 6 nitrogen and oxygen atoms in total. The van der Waals surface area contributed by atoms with Crippen molar-refractivity contribution in [1.29, 1.82) is 0 Å². The van der Waals surface area contributed by atoms with E-state index in [0.717, 1.165) is 12.0 Å². The molecule has 1 heterocycles. The molecule has 0 unspecified atom stereocenters. The Morgan fingerprint density at radius 1 is 1.14 bits per heavy atom. The number of H-pyrrole nitrogens is 1. The first-order chi connectivity index (χ1) is 10.5. The van der Waals surface area contributed by atoms with Crippen molar-refractivity contribution in [3.63, 3.8) is 0 Å². The molecule has 0 spiro atoms. The number of aromatic nitrogens is 1. The zero-order valence-corrected chi connectivity index (χ0v) is 12.6. The number of hydrogen-bond acceptors (Lipinski definition) is 4. The first-order valence-electron chi connectivity index (χ1n) is 6.72. The van der Waals surface area contributed by atoms with Gasteiger partial charge < -0.3 is 4.42 Å². The number of benzene rings is 2. The Balaban J connectivity index is 1.94. The molecule has 3 rings (SSSR count). The summed E-state index contributed by atoms with van der Waals surface area (Å²) in [6.45, 7) is 2.03. The van der Waals surface area contributed by atoms with E-state index in [1.165, 1.54) is 18.2 Å². The van der Waals surface area contributed by atoms with Crippen LogP contribution in [0.3, 0.4) is 0 Å². The summed E-state index contributed by atoms with van der Waals surface area (Å²) < 4.78 is 32.1. The largest absolute Gasteiger partial charge is 0.417 e. The maximum absolute atomic E-state index is 12.4. The number of fused-ring (bicyclic) bond motifs is 1. The van der Waals surface area contributed by atoms with E-state index >= 15 is 0 Å². The van der Waals surface area contributed by atoms with Crippen LogP contribution in [-0.2, 0) is 16.4 Å². The molecule has 0 bridgehead atoms. The molecule has 0 saturated carbocycles. The summed E-state index contributed by atoms with van der Waals surface area (Å²) in [4.78, 5) is 13.6. The second-order valence-corrected chi connectivity index (χ2v) is 6.51. The third kappa shape index (κ3) is 2.75. The lowest BCUT2D eigenvalue weighted by molar-refractivity contribution is 0.554. The Labute approximate surface area is 126 Å². The number of nitrogens with one attached hydrogen (secondary N) is 2. The van der Waals surface area contributed by atoms with Crippen LogP contribution in [0.15, 0.2) is 56.6 Å². The number of sulfonamides is 1. The molecule has 7 heteroatoms. The summed E-state index contributed by atoms with van der Waals surface area (Å²) in [5.74, 6) is -0.618. The lowest BCUT2D eigenvalue weighted by atomic mass is 10.2. The van der Waals surface area contributed by atoms with Gasteiger partial charge in [0, 0.05) is 11.8 Å². The van der Waals surface area contributed by atoms with E-state index < -0.39 is 15.8 Å². The molecule has 22 heavy (non-hydrogen) atoms. The molecular weight excluding hydrogens is 304 g/mol. The van der Waals surface area contributed by atoms with Gasteiger partial charge in [-0.05, 0) is 36.2 Å². The van der Waals surface area contributed by atoms with Gasteiger partial charge in [-0.2, -0.15) is 0 Å². The van der Waals surface area contributed by atoms with Crippen molar-refractivity contribution in [2.45, 2.75) is 18.2 Å². The molecule has 0 amide bonds. The van der Waals surface area contributed by atoms with Gasteiger partial charge in [-0.3, -0.25) is 9.71 Å². The van der Waals surface area contributed by atoms with Crippen LogP contribution in [-0.4, -0.2) is 13.4 Å². The minimum absolute atomic E-state index is 0.0299. The monoisotopic (exact) mass is 318 g/mol. The third-order valence-corrected chi connectivity index (χ3v) is 4.70. The van der Waals surface area contributed by atoms with Crippen molar-refractivity contribution in [3.8, 4) is 0 Å². The molecule has 0 radical (unpaired) electrons. The maximum Gasteiger partial charge on any atom is 0.417 e. The summed E-state index contributed by atoms with van der Waals surface area (Å²) in [7, 11) is -3.74. The minimum atomic E-state index is -3.74. The van der Waals surface area contributed by atoms with Gasteiger partial charge in [0.05, 0.1) is 10.4 Å². The first kappa shape index (κ1) is 14.4. The van der Waals surface area contributed by atoms with Gasteiger partial charge in [0.2, 0.25) is 0 Å². The molecule has 0 atom stereocenters. The van der Waals surface area contributed by atoms with E-state index in [4.69, 9.17) is 4.42 Å². The Morgan fingerprint density at radius 2 is 1.86 bits per heavy atom. The number of oxazole rings is 1. The van der Waals surface area contributed by atoms with E-state index in [1.807, 2.05) is 19.1 Å². The van der Waals surface area contributed by atoms with E-state index in [2.05, 4.69) is 9.71 Å². The quantitative estimate of drug-likeness (QED) is 0.773. The number of rotatable bonds is 4. The fraction of sp³-hybridized carbons (Fsp3) is 0.133. The second-order valence-electron chi connectivity index (χ2n) is 4.83. The van der Waals surface area contributed by atoms with Crippen molar-refractivity contribution in [3.05, 3.63) is 58.6 Å². The van der Waals surface area contributed by atoms with Gasteiger partial charge in [0.1, 0.15) is 0 Å². The molecule has 2 N–H and O–H groups in total. The molecule has 0 aliphatic rings. The highest BCUT2D eigenvalue weighted by Gasteiger charge is 2.16. The van der Waals surface area contributed by atoms with Crippen molar-refractivity contribution in [1.82, 2.24) is 4.98 Å². The van der Waals surface area contributed by atoms with Crippen molar-refractivity contribution in [2.24, 2.45) is 0 Å². The Kier molecular flexibility index (Phi) is 3.50. The van der Waals surface area contributed by atoms with Gasteiger partial charge in [-0.1, -0.05) is 19.1 Å². The lowest BCUT2D eigenvalue weighted by Crippen LogP contribution is -2.12. The number of aromatic amines is 1. The van der Waals surface area contributed by atoms with Gasteiger partial charge >= 0.3 is 5.76 Å². The van der Waals surface area contributed by atoms with Crippen molar-refractivity contribution >= 4 is 26.8 Å². The predicted molar refractivity (Wildman–Crippen MR) is 83.5 cm³/mol. The van der Waals surface area contributed by atoms with Crippen molar-refractivity contribution in [2.75, 3.05) is 4.72 Å². The highest BCUT2D eigenvalue weighted by Crippen LogP contribution is 2.20. The molecular formula is C15H14N2O4S. The van der Waals surface area contributed by atoms with Gasteiger partial charge in [-0.15, -0.1) is 0 Å². The summed E-state index contributed by atoms with van der Waals surface area (Å²) in [5.41, 5.74) is 2.26. The van der Waals surface area contributed by atoms with E-state index in [-0.39, 0.29) is 10.5 Å². The standard InChI is InChI=1S/C15H14N2O4S/c1-2-10-3-5-11(6-4-10)17-22(19,20)12-7-8-13-14(9-12)21-15(18)16-13/h3-9,17H,2H2,1H3,(H,16,18). The maximum atomic E-state index is 12.4. The molecule has 1 aromatic heterocycles. The number of anilines is 1. The normalized spacial score (nSPS) is 11.7. The average Bonchev–Trinajstić information content (AvgIpc) is 2.86.